The van der Waals surface area contributed by atoms with E-state index < -0.39 is 22.7 Å². The summed E-state index contributed by atoms with van der Waals surface area (Å²) in [6.07, 6.45) is 2.12. The molecule has 1 aromatic heterocycles. The van der Waals surface area contributed by atoms with E-state index in [1.165, 1.54) is 0 Å². The molecule has 0 N–H and O–H groups in total. The van der Waals surface area contributed by atoms with Crippen LogP contribution in [-0.2, 0) is 10.9 Å². The summed E-state index contributed by atoms with van der Waals surface area (Å²) in [5.41, 5.74) is -0.454. The molecule has 7 heteroatoms. The van der Waals surface area contributed by atoms with Crippen LogP contribution in [-0.4, -0.2) is 17.6 Å². The Morgan fingerprint density at radius 3 is 2.80 bits per heavy atom. The van der Waals surface area contributed by atoms with Crippen molar-refractivity contribution in [1.82, 2.24) is 4.98 Å². The first-order valence-corrected chi connectivity index (χ1v) is 6.86. The quantitative estimate of drug-likeness (QED) is 0.790. The summed E-state index contributed by atoms with van der Waals surface area (Å²) >= 11 is 0.733. The zero-order valence-electron chi connectivity index (χ0n) is 10.7. The van der Waals surface area contributed by atoms with Gasteiger partial charge in [0.15, 0.2) is 5.69 Å². The number of alkyl halides is 3. The summed E-state index contributed by atoms with van der Waals surface area (Å²) in [4.78, 5) is 14.7. The maximum Gasteiger partial charge on any atom is 0.435 e. The molecule has 20 heavy (non-hydrogen) atoms. The van der Waals surface area contributed by atoms with Crippen molar-refractivity contribution >= 4 is 22.9 Å². The lowest BCUT2D eigenvalue weighted by Gasteiger charge is -2.05. The van der Waals surface area contributed by atoms with Gasteiger partial charge in [-0.05, 0) is 25.3 Å². The minimum Gasteiger partial charge on any atom is -0.462 e. The van der Waals surface area contributed by atoms with Gasteiger partial charge in [-0.15, -0.1) is 11.3 Å². The summed E-state index contributed by atoms with van der Waals surface area (Å²) in [7, 11) is 0. The molecule has 0 bridgehead atoms. The summed E-state index contributed by atoms with van der Waals surface area (Å²) in [5.74, 6) is -0.976. The smallest absolute Gasteiger partial charge is 0.435 e. The Morgan fingerprint density at radius 1 is 1.50 bits per heavy atom. The first-order chi connectivity index (χ1) is 9.43. The van der Waals surface area contributed by atoms with Crippen LogP contribution in [0.15, 0.2) is 18.2 Å². The second kappa shape index (κ2) is 5.78. The molecule has 0 amide bonds. The molecule has 0 atom stereocenters. The van der Waals surface area contributed by atoms with E-state index in [0.717, 1.165) is 17.8 Å². The third-order valence-electron chi connectivity index (χ3n) is 2.65. The van der Waals surface area contributed by atoms with Gasteiger partial charge in [0, 0.05) is 0 Å². The van der Waals surface area contributed by atoms with E-state index in [1.807, 2.05) is 6.08 Å². The van der Waals surface area contributed by atoms with Gasteiger partial charge in [-0.3, -0.25) is 0 Å². The first-order valence-electron chi connectivity index (χ1n) is 6.04. The zero-order chi connectivity index (χ0) is 14.8. The Morgan fingerprint density at radius 2 is 2.25 bits per heavy atom. The summed E-state index contributed by atoms with van der Waals surface area (Å²) in [5, 5.41) is 0.227. The van der Waals surface area contributed by atoms with Crippen LogP contribution in [0.4, 0.5) is 13.2 Å². The van der Waals surface area contributed by atoms with Crippen molar-refractivity contribution in [2.75, 3.05) is 6.61 Å². The third kappa shape index (κ3) is 3.09. The highest BCUT2D eigenvalue weighted by molar-refractivity contribution is 7.14. The number of carbonyl (C=O) groups is 1. The molecule has 0 fully saturated rings. The molecule has 2 rings (SSSR count). The van der Waals surface area contributed by atoms with E-state index in [-0.39, 0.29) is 11.6 Å². The first kappa shape index (κ1) is 14.8. The molecule has 1 aromatic rings. The molecule has 0 aliphatic heterocycles. The fraction of sp³-hybridized carbons (Fsp3) is 0.385. The van der Waals surface area contributed by atoms with E-state index in [1.54, 1.807) is 19.1 Å². The highest BCUT2D eigenvalue weighted by Crippen LogP contribution is 2.38. The van der Waals surface area contributed by atoms with Crippen LogP contribution in [0.5, 0.6) is 0 Å². The topological polar surface area (TPSA) is 39.2 Å². The number of thiazole rings is 1. The number of nitrogens with zero attached hydrogens (tertiary/aromatic N) is 1. The van der Waals surface area contributed by atoms with Crippen LogP contribution in [0.2, 0.25) is 0 Å². The Bertz CT molecular complexity index is 573. The molecule has 1 aliphatic carbocycles. The van der Waals surface area contributed by atoms with Gasteiger partial charge in [0.05, 0.1) is 6.61 Å². The van der Waals surface area contributed by atoms with Gasteiger partial charge < -0.3 is 4.74 Å². The number of hydrogen-bond donors (Lipinski definition) is 0. The largest absolute Gasteiger partial charge is 0.462 e. The Kier molecular flexibility index (Phi) is 4.27. The second-order valence-corrected chi connectivity index (χ2v) is 5.07. The fourth-order valence-corrected chi connectivity index (χ4v) is 2.80. The highest BCUT2D eigenvalue weighted by atomic mass is 32.1. The fourth-order valence-electron chi connectivity index (χ4n) is 1.77. The minimum atomic E-state index is -4.66. The molecule has 108 valence electrons. The number of allylic oxidation sites excluding steroid dienone is 4. The van der Waals surface area contributed by atoms with Crippen LogP contribution in [0.25, 0.3) is 5.57 Å². The highest BCUT2D eigenvalue weighted by Gasteiger charge is 2.40. The van der Waals surface area contributed by atoms with E-state index in [4.69, 9.17) is 0 Å². The minimum absolute atomic E-state index is 0.0226. The van der Waals surface area contributed by atoms with Gasteiger partial charge in [-0.25, -0.2) is 9.78 Å². The normalized spacial score (nSPS) is 15.1. The van der Waals surface area contributed by atoms with Crippen molar-refractivity contribution in [2.24, 2.45) is 0 Å². The predicted molar refractivity (Wildman–Crippen MR) is 69.4 cm³/mol. The maximum absolute atomic E-state index is 12.9. The molecular formula is C13H12F3NO2S. The predicted octanol–water partition coefficient (Wildman–Crippen LogP) is 4.07. The molecule has 0 unspecified atom stereocenters. The summed E-state index contributed by atoms with van der Waals surface area (Å²) in [6.45, 7) is 1.57. The number of esters is 1. The van der Waals surface area contributed by atoms with Crippen LogP contribution in [0.3, 0.4) is 0 Å². The van der Waals surface area contributed by atoms with Gasteiger partial charge in [-0.1, -0.05) is 18.2 Å². The zero-order valence-corrected chi connectivity index (χ0v) is 11.5. The van der Waals surface area contributed by atoms with Gasteiger partial charge in [-0.2, -0.15) is 13.2 Å². The number of aromatic nitrogens is 1. The Labute approximate surface area is 117 Å². The average molecular weight is 303 g/mol. The third-order valence-corrected chi connectivity index (χ3v) is 3.76. The van der Waals surface area contributed by atoms with Gasteiger partial charge >= 0.3 is 12.1 Å². The lowest BCUT2D eigenvalue weighted by atomic mass is 10.1. The van der Waals surface area contributed by atoms with Gasteiger partial charge in [0.2, 0.25) is 0 Å². The van der Waals surface area contributed by atoms with Crippen molar-refractivity contribution in [3.63, 3.8) is 0 Å². The summed E-state index contributed by atoms with van der Waals surface area (Å²) in [6, 6.07) is 0. The second-order valence-electron chi connectivity index (χ2n) is 4.07. The van der Waals surface area contributed by atoms with E-state index >= 15 is 0 Å². The molecule has 1 heterocycles. The van der Waals surface area contributed by atoms with Gasteiger partial charge in [0.1, 0.15) is 9.88 Å². The number of rotatable bonds is 3. The van der Waals surface area contributed by atoms with Crippen LogP contribution in [0.1, 0.15) is 40.1 Å². The van der Waals surface area contributed by atoms with Crippen molar-refractivity contribution in [3.05, 3.63) is 33.8 Å². The molecule has 1 aliphatic rings. The van der Waals surface area contributed by atoms with E-state index in [9.17, 15) is 18.0 Å². The van der Waals surface area contributed by atoms with Gasteiger partial charge in [0.25, 0.3) is 0 Å². The van der Waals surface area contributed by atoms with Crippen molar-refractivity contribution in [3.8, 4) is 0 Å². The van der Waals surface area contributed by atoms with Crippen LogP contribution in [0, 0.1) is 0 Å². The Balaban J connectivity index is 2.44. The van der Waals surface area contributed by atoms with Crippen LogP contribution >= 0.6 is 11.3 Å². The number of hydrogen-bond acceptors (Lipinski definition) is 4. The molecule has 3 nitrogen and oxygen atoms in total. The Hall–Kier alpha value is -1.63. The van der Waals surface area contributed by atoms with Crippen molar-refractivity contribution in [2.45, 2.75) is 25.9 Å². The molecular weight excluding hydrogens is 291 g/mol. The average Bonchev–Trinajstić information content (AvgIpc) is 2.85. The molecule has 0 saturated heterocycles. The summed E-state index contributed by atoms with van der Waals surface area (Å²) < 4.78 is 43.5. The molecule has 0 spiro atoms. The van der Waals surface area contributed by atoms with Crippen LogP contribution < -0.4 is 0 Å². The van der Waals surface area contributed by atoms with E-state index in [2.05, 4.69) is 9.72 Å². The molecule has 0 saturated carbocycles. The standard InChI is InChI=1S/C13H12F3NO2S/c1-2-19-12(18)9-10(13(14,15)16)17-11(20-9)8-6-4-3-5-7-8/h3-4,6H,2,5,7H2,1H3. The monoisotopic (exact) mass is 303 g/mol. The molecule has 0 aromatic carbocycles. The number of carbonyl (C=O) groups excluding carboxylic acids is 1. The van der Waals surface area contributed by atoms with E-state index in [0.29, 0.717) is 12.0 Å². The number of halogens is 3. The van der Waals surface area contributed by atoms with Crippen molar-refractivity contribution < 1.29 is 22.7 Å². The SMILES string of the molecule is CCOC(=O)c1sc(C2=CC=CCC2)nc1C(F)(F)F. The molecule has 0 radical (unpaired) electrons. The lowest BCUT2D eigenvalue weighted by molar-refractivity contribution is -0.141. The lowest BCUT2D eigenvalue weighted by Crippen LogP contribution is -2.13. The van der Waals surface area contributed by atoms with Crippen molar-refractivity contribution in [1.29, 1.82) is 0 Å². The maximum atomic E-state index is 12.9. The number of ether oxygens (including phenoxy) is 1.